The second-order valence-electron chi connectivity index (χ2n) is 5.73. The molecule has 0 aliphatic carbocycles. The van der Waals surface area contributed by atoms with Crippen LogP contribution in [0.1, 0.15) is 48.9 Å². The lowest BCUT2D eigenvalue weighted by Crippen LogP contribution is -2.30. The van der Waals surface area contributed by atoms with Crippen molar-refractivity contribution in [3.8, 4) is 0 Å². The normalized spacial score (nSPS) is 15.9. The summed E-state index contributed by atoms with van der Waals surface area (Å²) in [6, 6.07) is 7.51. The Hall–Kier alpha value is -0.870. The van der Waals surface area contributed by atoms with Gasteiger partial charge in [0.05, 0.1) is 0 Å². The fourth-order valence-electron chi connectivity index (χ4n) is 2.75. The number of amides is 1. The molecule has 1 aliphatic rings. The van der Waals surface area contributed by atoms with E-state index in [4.69, 9.17) is 0 Å². The molecule has 1 amide bonds. The molecule has 3 nitrogen and oxygen atoms in total. The van der Waals surface area contributed by atoms with E-state index in [1.165, 1.54) is 51.7 Å². The number of hydrogen-bond acceptors (Lipinski definition) is 2. The van der Waals surface area contributed by atoms with Crippen LogP contribution in [0.3, 0.4) is 0 Å². The topological polar surface area (TPSA) is 32.3 Å². The van der Waals surface area contributed by atoms with Crippen molar-refractivity contribution in [3.63, 3.8) is 0 Å². The van der Waals surface area contributed by atoms with Crippen molar-refractivity contribution < 1.29 is 4.79 Å². The summed E-state index contributed by atoms with van der Waals surface area (Å²) in [7, 11) is 0. The monoisotopic (exact) mass is 352 g/mol. The summed E-state index contributed by atoms with van der Waals surface area (Å²) in [5.41, 5.74) is 0.720. The molecule has 0 saturated carbocycles. The van der Waals surface area contributed by atoms with Crippen LogP contribution in [-0.4, -0.2) is 37.0 Å². The van der Waals surface area contributed by atoms with Crippen LogP contribution in [0, 0.1) is 0 Å². The van der Waals surface area contributed by atoms with Crippen LogP contribution in [-0.2, 0) is 0 Å². The summed E-state index contributed by atoms with van der Waals surface area (Å²) in [6.45, 7) is 4.55. The number of nitrogens with zero attached hydrogens (tertiary/aromatic N) is 1. The zero-order valence-corrected chi connectivity index (χ0v) is 14.2. The highest BCUT2D eigenvalue weighted by molar-refractivity contribution is 9.10. The predicted molar refractivity (Wildman–Crippen MR) is 90.6 cm³/mol. The number of piperidine rings is 1. The molecule has 4 heteroatoms. The van der Waals surface area contributed by atoms with Gasteiger partial charge < -0.3 is 10.2 Å². The maximum atomic E-state index is 11.9. The predicted octanol–water partition coefficient (Wildman–Crippen LogP) is 3.84. The fraction of sp³-hybridized carbons (Fsp3) is 0.588. The molecule has 0 atom stereocenters. The van der Waals surface area contributed by atoms with Crippen LogP contribution in [0.25, 0.3) is 0 Å². The molecule has 0 unspecified atom stereocenters. The first-order chi connectivity index (χ1) is 10.3. The van der Waals surface area contributed by atoms with E-state index in [0.29, 0.717) is 0 Å². The SMILES string of the molecule is O=C(NCCCCCN1CCCCC1)c1cccc(Br)c1. The van der Waals surface area contributed by atoms with Gasteiger partial charge in [0.1, 0.15) is 0 Å². The van der Waals surface area contributed by atoms with Crippen LogP contribution in [0.15, 0.2) is 28.7 Å². The molecule has 1 saturated heterocycles. The molecule has 21 heavy (non-hydrogen) atoms. The molecule has 1 aromatic rings. The number of carbonyl (C=O) groups excluding carboxylic acids is 1. The molecule has 1 N–H and O–H groups in total. The number of halogens is 1. The van der Waals surface area contributed by atoms with Gasteiger partial charge in [0.25, 0.3) is 5.91 Å². The molecule has 116 valence electrons. The van der Waals surface area contributed by atoms with Crippen LogP contribution >= 0.6 is 15.9 Å². The van der Waals surface area contributed by atoms with E-state index in [2.05, 4.69) is 26.1 Å². The van der Waals surface area contributed by atoms with Crippen LogP contribution in [0.5, 0.6) is 0 Å². The second kappa shape index (κ2) is 9.21. The minimum absolute atomic E-state index is 0.0207. The van der Waals surface area contributed by atoms with Gasteiger partial charge in [-0.15, -0.1) is 0 Å². The fourth-order valence-corrected chi connectivity index (χ4v) is 3.15. The highest BCUT2D eigenvalue weighted by Crippen LogP contribution is 2.12. The first-order valence-electron chi connectivity index (χ1n) is 8.02. The number of carbonyl (C=O) groups is 1. The van der Waals surface area contributed by atoms with Gasteiger partial charge in [-0.05, 0) is 63.5 Å². The first-order valence-corrected chi connectivity index (χ1v) is 8.81. The van der Waals surface area contributed by atoms with Crippen molar-refractivity contribution in [2.45, 2.75) is 38.5 Å². The molecule has 0 spiro atoms. The summed E-state index contributed by atoms with van der Waals surface area (Å²) >= 11 is 3.39. The lowest BCUT2D eigenvalue weighted by atomic mass is 10.1. The average Bonchev–Trinajstić information content (AvgIpc) is 2.51. The van der Waals surface area contributed by atoms with E-state index in [9.17, 15) is 4.79 Å². The van der Waals surface area contributed by atoms with E-state index in [0.717, 1.165) is 23.0 Å². The Morgan fingerprint density at radius 1 is 1.14 bits per heavy atom. The van der Waals surface area contributed by atoms with Crippen LogP contribution in [0.2, 0.25) is 0 Å². The van der Waals surface area contributed by atoms with Gasteiger partial charge in [0.15, 0.2) is 0 Å². The third-order valence-electron chi connectivity index (χ3n) is 3.97. The Balaban J connectivity index is 1.54. The summed E-state index contributed by atoms with van der Waals surface area (Å²) in [4.78, 5) is 14.5. The lowest BCUT2D eigenvalue weighted by molar-refractivity contribution is 0.0952. The van der Waals surface area contributed by atoms with Gasteiger partial charge in [-0.2, -0.15) is 0 Å². The quantitative estimate of drug-likeness (QED) is 0.756. The van der Waals surface area contributed by atoms with Crippen LogP contribution in [0.4, 0.5) is 0 Å². The zero-order chi connectivity index (χ0) is 14.9. The Kier molecular flexibility index (Phi) is 7.24. The zero-order valence-electron chi connectivity index (χ0n) is 12.6. The highest BCUT2D eigenvalue weighted by atomic mass is 79.9. The smallest absolute Gasteiger partial charge is 0.251 e. The number of rotatable bonds is 7. The maximum Gasteiger partial charge on any atom is 0.251 e. The van der Waals surface area contributed by atoms with E-state index in [1.807, 2.05) is 24.3 Å². The largest absolute Gasteiger partial charge is 0.352 e. The first kappa shape index (κ1) is 16.5. The Morgan fingerprint density at radius 2 is 1.95 bits per heavy atom. The molecule has 0 bridgehead atoms. The van der Waals surface area contributed by atoms with Gasteiger partial charge in [-0.25, -0.2) is 0 Å². The second-order valence-corrected chi connectivity index (χ2v) is 6.64. The van der Waals surface area contributed by atoms with Crippen molar-refractivity contribution in [2.24, 2.45) is 0 Å². The van der Waals surface area contributed by atoms with Crippen molar-refractivity contribution in [1.82, 2.24) is 10.2 Å². The molecular weight excluding hydrogens is 328 g/mol. The Labute approximate surface area is 136 Å². The highest BCUT2D eigenvalue weighted by Gasteiger charge is 2.09. The Morgan fingerprint density at radius 3 is 2.71 bits per heavy atom. The van der Waals surface area contributed by atoms with Gasteiger partial charge >= 0.3 is 0 Å². The third-order valence-corrected chi connectivity index (χ3v) is 4.47. The van der Waals surface area contributed by atoms with E-state index in [1.54, 1.807) is 0 Å². The molecule has 1 aliphatic heterocycles. The number of hydrogen-bond donors (Lipinski definition) is 1. The number of unbranched alkanes of at least 4 members (excludes halogenated alkanes) is 2. The lowest BCUT2D eigenvalue weighted by Gasteiger charge is -2.26. The minimum Gasteiger partial charge on any atom is -0.352 e. The number of benzene rings is 1. The van der Waals surface area contributed by atoms with Crippen LogP contribution < -0.4 is 5.32 Å². The maximum absolute atomic E-state index is 11.9. The summed E-state index contributed by atoms with van der Waals surface area (Å²) in [5.74, 6) is 0.0207. The molecule has 2 rings (SSSR count). The van der Waals surface area contributed by atoms with Crippen molar-refractivity contribution in [2.75, 3.05) is 26.2 Å². The molecule has 0 radical (unpaired) electrons. The third kappa shape index (κ3) is 6.18. The standard InChI is InChI=1S/C17H25BrN2O/c18-16-9-7-8-15(14-16)17(21)19-10-3-1-4-11-20-12-5-2-6-13-20/h7-9,14H,1-6,10-13H2,(H,19,21). The summed E-state index contributed by atoms with van der Waals surface area (Å²) in [6.07, 6.45) is 7.62. The molecular formula is C17H25BrN2O. The van der Waals surface area contributed by atoms with Gasteiger partial charge in [0.2, 0.25) is 0 Å². The molecule has 1 aromatic carbocycles. The molecule has 1 heterocycles. The van der Waals surface area contributed by atoms with Gasteiger partial charge in [0, 0.05) is 16.6 Å². The molecule has 0 aromatic heterocycles. The van der Waals surface area contributed by atoms with Crippen molar-refractivity contribution >= 4 is 21.8 Å². The average molecular weight is 353 g/mol. The van der Waals surface area contributed by atoms with Gasteiger partial charge in [-0.1, -0.05) is 34.8 Å². The summed E-state index contributed by atoms with van der Waals surface area (Å²) in [5, 5.41) is 2.99. The van der Waals surface area contributed by atoms with Crippen molar-refractivity contribution in [1.29, 1.82) is 0 Å². The van der Waals surface area contributed by atoms with E-state index >= 15 is 0 Å². The summed E-state index contributed by atoms with van der Waals surface area (Å²) < 4.78 is 0.941. The number of likely N-dealkylation sites (tertiary alicyclic amines) is 1. The number of nitrogens with one attached hydrogen (secondary N) is 1. The van der Waals surface area contributed by atoms with Crippen molar-refractivity contribution in [3.05, 3.63) is 34.3 Å². The van der Waals surface area contributed by atoms with Gasteiger partial charge in [-0.3, -0.25) is 4.79 Å². The minimum atomic E-state index is 0.0207. The molecule has 1 fully saturated rings. The Bertz CT molecular complexity index is 444. The van der Waals surface area contributed by atoms with E-state index < -0.39 is 0 Å². The van der Waals surface area contributed by atoms with E-state index in [-0.39, 0.29) is 5.91 Å².